The quantitative estimate of drug-likeness (QED) is 0.0169. The summed E-state index contributed by atoms with van der Waals surface area (Å²) >= 11 is 0. The lowest BCUT2D eigenvalue weighted by atomic mass is 10.1. The number of unbranched alkanes of at least 4 members (excludes halogenated alkanes) is 29. The van der Waals surface area contributed by atoms with Crippen molar-refractivity contribution in [3.05, 3.63) is 109 Å². The van der Waals surface area contributed by atoms with Gasteiger partial charge in [0.1, 0.15) is 19.3 Å². The van der Waals surface area contributed by atoms with Gasteiger partial charge in [0.05, 0.1) is 26.4 Å². The molecule has 0 radical (unpaired) electrons. The minimum absolute atomic E-state index is 0.0418. The number of hydrogen-bond acceptors (Lipinski definition) is 15. The third-order valence-electron chi connectivity index (χ3n) is 16.2. The van der Waals surface area contributed by atoms with Crippen LogP contribution in [0.2, 0.25) is 0 Å². The van der Waals surface area contributed by atoms with Crippen molar-refractivity contribution in [3.8, 4) is 0 Å². The zero-order valence-electron chi connectivity index (χ0n) is 62.8. The Labute approximate surface area is 607 Å². The van der Waals surface area contributed by atoms with E-state index >= 15 is 0 Å². The highest BCUT2D eigenvalue weighted by Gasteiger charge is 2.30. The maximum absolute atomic E-state index is 13.1. The molecule has 0 fully saturated rings. The van der Waals surface area contributed by atoms with Crippen molar-refractivity contribution < 1.29 is 80.2 Å². The number of phosphoric ester groups is 2. The number of carbonyl (C=O) groups excluding carboxylic acids is 4. The Morgan fingerprint density at radius 1 is 0.280 bits per heavy atom. The Balaban J connectivity index is 5.42. The minimum atomic E-state index is -4.99. The standard InChI is InChI=1S/C81H140O17P2/c1-5-9-13-17-21-25-29-33-37-41-45-49-53-57-61-65-78(83)91-71-76(97-80(85)67-63-59-55-51-47-43-39-35-31-27-23-19-15-11-7-3)73-95-99(87,88)93-69-75(82)70-94-100(89,90)96-74-77(98-81(86)68-64-60-56-52-48-44-40-36-32-28-24-20-16-12-8-4)72-92-79(84)66-62-58-54-50-46-42-38-34-30-26-22-18-14-10-6-2/h21-28,33-40,47,51,75-77,82H,5-20,29-32,41-46,48-50,52-74H2,1-4H3,(H,87,88)(H,89,90)/b25-21-,26-22-,27-23-,28-24-,37-33-,38-34-,39-35-,40-36-,51-47-/t75?,76-,77-/m1/s1. The second kappa shape index (κ2) is 73.0. The van der Waals surface area contributed by atoms with E-state index in [0.29, 0.717) is 32.1 Å². The van der Waals surface area contributed by atoms with Gasteiger partial charge in [0.15, 0.2) is 12.2 Å². The van der Waals surface area contributed by atoms with Gasteiger partial charge >= 0.3 is 39.5 Å². The van der Waals surface area contributed by atoms with Gasteiger partial charge in [-0.3, -0.25) is 37.3 Å². The first kappa shape index (κ1) is 95.7. The van der Waals surface area contributed by atoms with E-state index in [0.717, 1.165) is 161 Å². The lowest BCUT2D eigenvalue weighted by Crippen LogP contribution is -2.30. The number of allylic oxidation sites excluding steroid dienone is 18. The van der Waals surface area contributed by atoms with Gasteiger partial charge in [-0.25, -0.2) is 9.13 Å². The molecule has 0 rings (SSSR count). The molecule has 3 N–H and O–H groups in total. The summed E-state index contributed by atoms with van der Waals surface area (Å²) in [6.07, 6.45) is 77.8. The molecule has 576 valence electrons. The van der Waals surface area contributed by atoms with Gasteiger partial charge in [-0.1, -0.05) is 246 Å². The molecular weight excluding hydrogens is 1310 g/mol. The van der Waals surface area contributed by atoms with Crippen LogP contribution in [0.15, 0.2) is 109 Å². The molecule has 17 nitrogen and oxygen atoms in total. The van der Waals surface area contributed by atoms with E-state index in [1.807, 2.05) is 0 Å². The third kappa shape index (κ3) is 72.1. The first-order valence-electron chi connectivity index (χ1n) is 39.1. The van der Waals surface area contributed by atoms with Crippen molar-refractivity contribution in [1.82, 2.24) is 0 Å². The van der Waals surface area contributed by atoms with Crippen LogP contribution < -0.4 is 0 Å². The number of ether oxygens (including phenoxy) is 4. The van der Waals surface area contributed by atoms with Crippen LogP contribution in [0.1, 0.15) is 323 Å². The summed E-state index contributed by atoms with van der Waals surface area (Å²) in [5, 5.41) is 10.6. The second-order valence-corrected chi connectivity index (χ2v) is 28.8. The maximum Gasteiger partial charge on any atom is 0.472 e. The van der Waals surface area contributed by atoms with Gasteiger partial charge in [0, 0.05) is 25.7 Å². The topological polar surface area (TPSA) is 237 Å². The summed E-state index contributed by atoms with van der Waals surface area (Å²) in [7, 11) is -9.98. The zero-order chi connectivity index (χ0) is 73.2. The SMILES string of the molecule is CCCCC/C=C\C/C=C\C/C=C\CCCCC(=O)O[C@H](COC(=O)CCCCCCC/C=C\C/C=C\CCCCC)COP(=O)(O)OCC(O)COP(=O)(O)OC[C@@H](COC(=O)CCCCCCC/C=C\C/C=C\CCCCC)OC(=O)CCCCCCC/C=C\C/C=C\CCCCC. The van der Waals surface area contributed by atoms with Crippen molar-refractivity contribution in [2.24, 2.45) is 0 Å². The van der Waals surface area contributed by atoms with Crippen molar-refractivity contribution in [1.29, 1.82) is 0 Å². The smallest absolute Gasteiger partial charge is 0.462 e. The van der Waals surface area contributed by atoms with Crippen LogP contribution in [-0.2, 0) is 65.4 Å². The van der Waals surface area contributed by atoms with E-state index in [1.54, 1.807) is 0 Å². The van der Waals surface area contributed by atoms with Crippen LogP contribution in [-0.4, -0.2) is 96.7 Å². The third-order valence-corrected chi connectivity index (χ3v) is 18.1. The number of phosphoric acid groups is 2. The number of aliphatic hydroxyl groups is 1. The van der Waals surface area contributed by atoms with Crippen LogP contribution in [0, 0.1) is 0 Å². The van der Waals surface area contributed by atoms with E-state index in [9.17, 15) is 43.2 Å². The molecule has 100 heavy (non-hydrogen) atoms. The van der Waals surface area contributed by atoms with Gasteiger partial charge in [-0.05, 0) is 161 Å². The normalized spacial score (nSPS) is 14.5. The highest BCUT2D eigenvalue weighted by Crippen LogP contribution is 2.45. The van der Waals surface area contributed by atoms with Gasteiger partial charge in [0.25, 0.3) is 0 Å². The first-order valence-corrected chi connectivity index (χ1v) is 42.1. The molecule has 0 aromatic heterocycles. The van der Waals surface area contributed by atoms with Crippen molar-refractivity contribution in [2.75, 3.05) is 39.6 Å². The molecule has 0 saturated carbocycles. The average molecular weight is 1450 g/mol. The zero-order valence-corrected chi connectivity index (χ0v) is 64.6. The molecular formula is C81H140O17P2. The number of carbonyl (C=O) groups is 4. The number of esters is 4. The van der Waals surface area contributed by atoms with Gasteiger partial charge in [0.2, 0.25) is 0 Å². The molecule has 3 unspecified atom stereocenters. The fraction of sp³-hybridized carbons (Fsp3) is 0.728. The molecule has 0 spiro atoms. The molecule has 19 heteroatoms. The molecule has 0 saturated heterocycles. The predicted octanol–water partition coefficient (Wildman–Crippen LogP) is 22.6. The molecule has 0 aliphatic carbocycles. The van der Waals surface area contributed by atoms with Crippen LogP contribution in [0.25, 0.3) is 0 Å². The molecule has 0 amide bonds. The molecule has 0 aliphatic rings. The Morgan fingerprint density at radius 3 is 0.770 bits per heavy atom. The summed E-state index contributed by atoms with van der Waals surface area (Å²) in [4.78, 5) is 72.9. The Kier molecular flexibility index (Phi) is 69.9. The Morgan fingerprint density at radius 2 is 0.490 bits per heavy atom. The maximum atomic E-state index is 13.1. The van der Waals surface area contributed by atoms with Crippen molar-refractivity contribution >= 4 is 39.5 Å². The van der Waals surface area contributed by atoms with Crippen LogP contribution >= 0.6 is 15.6 Å². The van der Waals surface area contributed by atoms with Gasteiger partial charge in [-0.2, -0.15) is 0 Å². The van der Waals surface area contributed by atoms with E-state index in [-0.39, 0.29) is 25.7 Å². The summed E-state index contributed by atoms with van der Waals surface area (Å²) in [6.45, 7) is 4.69. The highest BCUT2D eigenvalue weighted by atomic mass is 31.2. The van der Waals surface area contributed by atoms with Gasteiger partial charge in [-0.15, -0.1) is 0 Å². The molecule has 0 bridgehead atoms. The van der Waals surface area contributed by atoms with Gasteiger partial charge < -0.3 is 33.8 Å². The van der Waals surface area contributed by atoms with E-state index in [4.69, 9.17) is 37.0 Å². The van der Waals surface area contributed by atoms with Crippen LogP contribution in [0.3, 0.4) is 0 Å². The van der Waals surface area contributed by atoms with Crippen molar-refractivity contribution in [2.45, 2.75) is 341 Å². The largest absolute Gasteiger partial charge is 0.472 e. The number of aliphatic hydroxyl groups excluding tert-OH is 1. The summed E-state index contributed by atoms with van der Waals surface area (Å²) in [5.74, 6) is -2.26. The molecule has 5 atom stereocenters. The van der Waals surface area contributed by atoms with E-state index in [2.05, 4.69) is 137 Å². The lowest BCUT2D eigenvalue weighted by Gasteiger charge is -2.21. The van der Waals surface area contributed by atoms with Crippen molar-refractivity contribution in [3.63, 3.8) is 0 Å². The van der Waals surface area contributed by atoms with Crippen LogP contribution in [0.4, 0.5) is 0 Å². The molecule has 0 aliphatic heterocycles. The Hall–Kier alpha value is -4.28. The summed E-state index contributed by atoms with van der Waals surface area (Å²) < 4.78 is 68.5. The highest BCUT2D eigenvalue weighted by molar-refractivity contribution is 7.47. The number of rotatable bonds is 73. The average Bonchev–Trinajstić information content (AvgIpc) is 1.25. The molecule has 0 heterocycles. The number of hydrogen-bond donors (Lipinski definition) is 3. The summed E-state index contributed by atoms with van der Waals surface area (Å²) in [6, 6.07) is 0. The van der Waals surface area contributed by atoms with Crippen LogP contribution in [0.5, 0.6) is 0 Å². The predicted molar refractivity (Wildman–Crippen MR) is 408 cm³/mol. The second-order valence-electron chi connectivity index (χ2n) is 25.9. The fourth-order valence-electron chi connectivity index (χ4n) is 10.1. The van der Waals surface area contributed by atoms with E-state index in [1.165, 1.54) is 77.0 Å². The Bertz CT molecular complexity index is 2320. The first-order chi connectivity index (χ1) is 48.7. The summed E-state index contributed by atoms with van der Waals surface area (Å²) in [5.41, 5.74) is 0. The fourth-order valence-corrected chi connectivity index (χ4v) is 11.7. The lowest BCUT2D eigenvalue weighted by molar-refractivity contribution is -0.161. The van der Waals surface area contributed by atoms with E-state index < -0.39 is 97.5 Å². The minimum Gasteiger partial charge on any atom is -0.462 e. The molecule has 0 aromatic carbocycles. The molecule has 0 aromatic rings. The monoisotopic (exact) mass is 1450 g/mol.